The van der Waals surface area contributed by atoms with Crippen molar-refractivity contribution in [2.75, 3.05) is 19.8 Å². The highest BCUT2D eigenvalue weighted by atomic mass is 16.7. The molecule has 0 amide bonds. The lowest BCUT2D eigenvalue weighted by molar-refractivity contribution is -0.159. The lowest BCUT2D eigenvalue weighted by Crippen LogP contribution is -2.39. The zero-order chi connectivity index (χ0) is 36.7. The van der Waals surface area contributed by atoms with Gasteiger partial charge in [0.05, 0.1) is 21.1 Å². The maximum atomic E-state index is 12.4. The van der Waals surface area contributed by atoms with Gasteiger partial charge in [0.15, 0.2) is 5.60 Å². The summed E-state index contributed by atoms with van der Waals surface area (Å²) in [5.41, 5.74) is -1.76. The molecule has 0 aliphatic rings. The molecule has 2 aromatic carbocycles. The summed E-state index contributed by atoms with van der Waals surface area (Å²) in [4.78, 5) is 48.9. The molecule has 0 spiro atoms. The number of ether oxygens (including phenoxy) is 6. The van der Waals surface area contributed by atoms with Crippen LogP contribution in [0.1, 0.15) is 92.9 Å². The van der Waals surface area contributed by atoms with Gasteiger partial charge >= 0.3 is 24.1 Å². The normalized spacial score (nSPS) is 12.4. The largest absolute Gasteiger partial charge is 0.513 e. The molecule has 2 rings (SSSR count). The van der Waals surface area contributed by atoms with Crippen LogP contribution in [0, 0.1) is 11.8 Å². The van der Waals surface area contributed by atoms with E-state index < -0.39 is 23.3 Å². The van der Waals surface area contributed by atoms with Gasteiger partial charge < -0.3 is 28.4 Å². The molecule has 0 bridgehead atoms. The zero-order valence-corrected chi connectivity index (χ0v) is 30.4. The number of carbonyl (C=O) groups is 4. The molecule has 49 heavy (non-hydrogen) atoms. The van der Waals surface area contributed by atoms with Crippen LogP contribution in [0.4, 0.5) is 4.79 Å². The Balaban J connectivity index is 0.00000589. The molecule has 11 heteroatoms. The third-order valence-corrected chi connectivity index (χ3v) is 7.41. The van der Waals surface area contributed by atoms with Crippen molar-refractivity contribution in [2.45, 2.75) is 111 Å². The highest BCUT2D eigenvalue weighted by molar-refractivity contribution is 6.05. The molecule has 2 radical (unpaired) electrons. The summed E-state index contributed by atoms with van der Waals surface area (Å²) in [5.74, 6) is 0.196. The van der Waals surface area contributed by atoms with Gasteiger partial charge in [-0.2, -0.15) is 0 Å². The maximum Gasteiger partial charge on any atom is 0.513 e. The second kappa shape index (κ2) is 23.5. The summed E-state index contributed by atoms with van der Waals surface area (Å²) in [6, 6.07) is 17.6. The van der Waals surface area contributed by atoms with E-state index in [0.29, 0.717) is 63.2 Å². The van der Waals surface area contributed by atoms with E-state index >= 15 is 0 Å². The molecule has 2 unspecified atom stereocenters. The summed E-state index contributed by atoms with van der Waals surface area (Å²) in [5, 5.41) is 0. The van der Waals surface area contributed by atoms with Crippen LogP contribution in [-0.2, 0) is 33.3 Å². The average molecular weight is 683 g/mol. The molecule has 2 atom stereocenters. The first-order chi connectivity index (χ1) is 23.3. The predicted molar refractivity (Wildman–Crippen MR) is 189 cm³/mol. The molecule has 270 valence electrons. The van der Waals surface area contributed by atoms with Crippen LogP contribution < -0.4 is 9.47 Å². The SMILES string of the molecule is CC(CCOC(=O)CCCCC(=O)OC(C)(C)CC(C)CCOC(=O)Oc1ccccc1)CCOC(C)(C)C(=O)Oc1ccccc1.[B]C. The Hall–Kier alpha value is -3.86. The molecule has 10 nitrogen and oxygen atoms in total. The van der Waals surface area contributed by atoms with E-state index in [0.717, 1.165) is 0 Å². The number of esters is 3. The van der Waals surface area contributed by atoms with Crippen LogP contribution in [-0.4, -0.2) is 62.9 Å². The fraction of sp³-hybridized carbons (Fsp3) is 0.579. The first-order valence-corrected chi connectivity index (χ1v) is 17.0. The molecule has 0 heterocycles. The molecule has 0 saturated carbocycles. The van der Waals surface area contributed by atoms with E-state index in [1.165, 1.54) is 6.82 Å². The van der Waals surface area contributed by atoms with Crippen molar-refractivity contribution in [3.8, 4) is 11.5 Å². The van der Waals surface area contributed by atoms with Crippen molar-refractivity contribution in [1.82, 2.24) is 0 Å². The van der Waals surface area contributed by atoms with E-state index in [1.54, 1.807) is 62.4 Å². The Morgan fingerprint density at radius 3 is 1.73 bits per heavy atom. The summed E-state index contributed by atoms with van der Waals surface area (Å²) in [6.45, 7) is 13.5. The standard InChI is InChI=1S/C37H52O10.CH3B/c1-28(23-26-44-37(5,6)34(40)45-30-15-9-7-10-16-30)21-24-42-32(38)19-13-14-20-33(39)47-36(3,4)27-29(2)22-25-43-35(41)46-31-17-11-8-12-18-31;1-2/h7-12,15-18,28-29H,13-14,19-27H2,1-6H3;1H3. The van der Waals surface area contributed by atoms with Crippen molar-refractivity contribution in [3.63, 3.8) is 0 Å². The highest BCUT2D eigenvalue weighted by Crippen LogP contribution is 2.24. The predicted octanol–water partition coefficient (Wildman–Crippen LogP) is 8.06. The van der Waals surface area contributed by atoms with Crippen LogP contribution in [0.25, 0.3) is 0 Å². The lowest BCUT2D eigenvalue weighted by Gasteiger charge is -2.28. The second-order valence-electron chi connectivity index (χ2n) is 13.0. The minimum Gasteiger partial charge on any atom is -0.466 e. The fourth-order valence-electron chi connectivity index (χ4n) is 4.72. The van der Waals surface area contributed by atoms with E-state index in [4.69, 9.17) is 28.4 Å². The number of para-hydroxylation sites is 2. The summed E-state index contributed by atoms with van der Waals surface area (Å²) >= 11 is 0. The number of hydrogen-bond acceptors (Lipinski definition) is 10. The van der Waals surface area contributed by atoms with Crippen molar-refractivity contribution >= 4 is 31.9 Å². The van der Waals surface area contributed by atoms with E-state index in [9.17, 15) is 19.2 Å². The van der Waals surface area contributed by atoms with Gasteiger partial charge in [0, 0.05) is 19.4 Å². The second-order valence-corrected chi connectivity index (χ2v) is 13.0. The van der Waals surface area contributed by atoms with Gasteiger partial charge in [-0.3, -0.25) is 9.59 Å². The molecule has 0 fully saturated rings. The topological polar surface area (TPSA) is 124 Å². The van der Waals surface area contributed by atoms with Gasteiger partial charge in [0.1, 0.15) is 17.1 Å². The molecular formula is C38H55BO10. The van der Waals surface area contributed by atoms with Crippen LogP contribution in [0.15, 0.2) is 60.7 Å². The fourth-order valence-corrected chi connectivity index (χ4v) is 4.72. The molecule has 2 aromatic rings. The first-order valence-electron chi connectivity index (χ1n) is 17.0. The lowest BCUT2D eigenvalue weighted by atomic mass is 9.92. The monoisotopic (exact) mass is 682 g/mol. The summed E-state index contributed by atoms with van der Waals surface area (Å²) in [6.07, 6.45) is 3.32. The first kappa shape index (κ1) is 43.2. The highest BCUT2D eigenvalue weighted by Gasteiger charge is 2.31. The third kappa shape index (κ3) is 20.3. The van der Waals surface area contributed by atoms with Crippen molar-refractivity contribution in [2.24, 2.45) is 11.8 Å². The average Bonchev–Trinajstić information content (AvgIpc) is 3.04. The minimum absolute atomic E-state index is 0.142. The molecular weight excluding hydrogens is 627 g/mol. The Kier molecular flexibility index (Phi) is 20.7. The number of unbranched alkanes of at least 4 members (excludes halogenated alkanes) is 1. The number of benzene rings is 2. The van der Waals surface area contributed by atoms with Crippen LogP contribution in [0.5, 0.6) is 11.5 Å². The Morgan fingerprint density at radius 2 is 1.14 bits per heavy atom. The van der Waals surface area contributed by atoms with Gasteiger partial charge in [-0.1, -0.05) is 57.1 Å². The molecule has 0 saturated heterocycles. The zero-order valence-electron chi connectivity index (χ0n) is 30.4. The van der Waals surface area contributed by atoms with Crippen molar-refractivity contribution < 1.29 is 47.6 Å². The molecule has 0 N–H and O–H groups in total. The van der Waals surface area contributed by atoms with Crippen LogP contribution in [0.3, 0.4) is 0 Å². The maximum absolute atomic E-state index is 12.4. The van der Waals surface area contributed by atoms with Gasteiger partial charge in [0.2, 0.25) is 0 Å². The minimum atomic E-state index is -1.08. The third-order valence-electron chi connectivity index (χ3n) is 7.41. The van der Waals surface area contributed by atoms with E-state index in [2.05, 4.69) is 7.85 Å². The Bertz CT molecular complexity index is 1230. The van der Waals surface area contributed by atoms with Crippen molar-refractivity contribution in [3.05, 3.63) is 60.7 Å². The Morgan fingerprint density at radius 1 is 0.653 bits per heavy atom. The smallest absolute Gasteiger partial charge is 0.466 e. The number of rotatable bonds is 21. The van der Waals surface area contributed by atoms with Gasteiger partial charge in [-0.15, -0.1) is 0 Å². The number of hydrogen-bond donors (Lipinski definition) is 0. The summed E-state index contributed by atoms with van der Waals surface area (Å²) < 4.78 is 32.5. The van der Waals surface area contributed by atoms with Crippen LogP contribution in [0.2, 0.25) is 6.82 Å². The van der Waals surface area contributed by atoms with Crippen molar-refractivity contribution in [1.29, 1.82) is 0 Å². The molecule has 0 aliphatic carbocycles. The van der Waals surface area contributed by atoms with E-state index in [-0.39, 0.29) is 43.2 Å². The van der Waals surface area contributed by atoms with Gasteiger partial charge in [-0.25, -0.2) is 9.59 Å². The molecule has 0 aromatic heterocycles. The molecule has 0 aliphatic heterocycles. The number of carbonyl (C=O) groups excluding carboxylic acids is 4. The van der Waals surface area contributed by atoms with E-state index in [1.807, 2.05) is 39.8 Å². The quantitative estimate of drug-likeness (QED) is 0.0319. The van der Waals surface area contributed by atoms with Crippen LogP contribution >= 0.6 is 0 Å². The van der Waals surface area contributed by atoms with Gasteiger partial charge in [0.25, 0.3) is 0 Å². The summed E-state index contributed by atoms with van der Waals surface area (Å²) in [7, 11) is 4.50. The van der Waals surface area contributed by atoms with Gasteiger partial charge in [-0.05, 0) is 102 Å². The Labute approximate surface area is 293 Å².